The van der Waals surface area contributed by atoms with E-state index in [-0.39, 0.29) is 11.8 Å². The van der Waals surface area contributed by atoms with Crippen molar-refractivity contribution in [2.24, 2.45) is 0 Å². The second-order valence-corrected chi connectivity index (χ2v) is 5.50. The van der Waals surface area contributed by atoms with Crippen molar-refractivity contribution in [3.63, 3.8) is 0 Å². The van der Waals surface area contributed by atoms with Crippen molar-refractivity contribution in [1.29, 1.82) is 0 Å². The van der Waals surface area contributed by atoms with Gasteiger partial charge in [0.2, 0.25) is 11.8 Å². The molecule has 0 spiro atoms. The van der Waals surface area contributed by atoms with Crippen molar-refractivity contribution < 1.29 is 9.59 Å². The largest absolute Gasteiger partial charge is 0.342 e. The summed E-state index contributed by atoms with van der Waals surface area (Å²) in [6.45, 7) is 2.15. The van der Waals surface area contributed by atoms with Crippen molar-refractivity contribution in [3.05, 3.63) is 71.8 Å². The van der Waals surface area contributed by atoms with Gasteiger partial charge in [-0.25, -0.2) is 0 Å². The van der Waals surface area contributed by atoms with Gasteiger partial charge in [0.25, 0.3) is 0 Å². The molecule has 0 aromatic heterocycles. The number of amides is 2. The van der Waals surface area contributed by atoms with E-state index in [0.717, 1.165) is 11.1 Å². The van der Waals surface area contributed by atoms with Crippen LogP contribution in [0.15, 0.2) is 60.7 Å². The summed E-state index contributed by atoms with van der Waals surface area (Å²) in [4.78, 5) is 26.7. The number of nitrogens with one attached hydrogen (secondary N) is 1. The third-order valence-corrected chi connectivity index (χ3v) is 3.88. The zero-order chi connectivity index (χ0) is 15.5. The quantitative estimate of drug-likeness (QED) is 0.944. The minimum atomic E-state index is -0.579. The fourth-order valence-electron chi connectivity index (χ4n) is 2.79. The number of hydrogen-bond acceptors (Lipinski definition) is 2. The standard InChI is InChI=1S/C18H18N2O2/c1-13-18(22)20(12-14-8-4-2-5-9-14)16(17(21)19-13)15-10-6-3-7-11-15/h2-11,13,16H,12H2,1H3,(H,19,21). The average Bonchev–Trinajstić information content (AvgIpc) is 2.54. The smallest absolute Gasteiger partial charge is 0.248 e. The molecule has 112 valence electrons. The van der Waals surface area contributed by atoms with Crippen LogP contribution in [0.4, 0.5) is 0 Å². The Labute approximate surface area is 129 Å². The predicted octanol–water partition coefficient (Wildman–Crippen LogP) is 2.27. The highest BCUT2D eigenvalue weighted by Gasteiger charge is 2.39. The average molecular weight is 294 g/mol. The summed E-state index contributed by atoms with van der Waals surface area (Å²) < 4.78 is 0. The number of carbonyl (C=O) groups excluding carboxylic acids is 2. The van der Waals surface area contributed by atoms with Gasteiger partial charge in [-0.3, -0.25) is 9.59 Å². The normalized spacial score (nSPS) is 21.6. The first-order chi connectivity index (χ1) is 10.7. The van der Waals surface area contributed by atoms with Crippen LogP contribution < -0.4 is 5.32 Å². The Hall–Kier alpha value is -2.62. The van der Waals surface area contributed by atoms with Crippen LogP contribution in [0.25, 0.3) is 0 Å². The Morgan fingerprint density at radius 2 is 1.55 bits per heavy atom. The third kappa shape index (κ3) is 2.72. The van der Waals surface area contributed by atoms with Gasteiger partial charge in [-0.15, -0.1) is 0 Å². The lowest BCUT2D eigenvalue weighted by molar-refractivity contribution is -0.149. The molecule has 0 radical (unpaired) electrons. The van der Waals surface area contributed by atoms with Crippen LogP contribution in [0.1, 0.15) is 24.1 Å². The van der Waals surface area contributed by atoms with Gasteiger partial charge in [0.1, 0.15) is 12.1 Å². The van der Waals surface area contributed by atoms with E-state index in [1.54, 1.807) is 11.8 Å². The molecule has 0 bridgehead atoms. The molecule has 2 atom stereocenters. The maximum absolute atomic E-state index is 12.6. The minimum absolute atomic E-state index is 0.0580. The molecule has 22 heavy (non-hydrogen) atoms. The maximum atomic E-state index is 12.6. The number of piperazine rings is 1. The molecule has 1 fully saturated rings. The molecule has 2 unspecified atom stereocenters. The fourth-order valence-corrected chi connectivity index (χ4v) is 2.79. The summed E-state index contributed by atoms with van der Waals surface area (Å²) in [5.41, 5.74) is 1.84. The number of carbonyl (C=O) groups is 2. The molecule has 3 rings (SSSR count). The van der Waals surface area contributed by atoms with Crippen molar-refractivity contribution in [1.82, 2.24) is 10.2 Å². The van der Waals surface area contributed by atoms with E-state index in [2.05, 4.69) is 5.32 Å². The molecule has 1 aliphatic heterocycles. The lowest BCUT2D eigenvalue weighted by Crippen LogP contribution is -2.57. The van der Waals surface area contributed by atoms with Crippen molar-refractivity contribution in [2.75, 3.05) is 0 Å². The molecule has 2 aromatic rings. The lowest BCUT2D eigenvalue weighted by Gasteiger charge is -2.38. The van der Waals surface area contributed by atoms with Crippen molar-refractivity contribution in [3.8, 4) is 0 Å². The van der Waals surface area contributed by atoms with Gasteiger partial charge in [-0.1, -0.05) is 60.7 Å². The number of hydrogen-bond donors (Lipinski definition) is 1. The molecule has 0 aliphatic carbocycles. The van der Waals surface area contributed by atoms with Crippen LogP contribution >= 0.6 is 0 Å². The zero-order valence-corrected chi connectivity index (χ0v) is 12.4. The fraction of sp³-hybridized carbons (Fsp3) is 0.222. The summed E-state index contributed by atoms with van der Waals surface area (Å²) in [5, 5.41) is 2.76. The summed E-state index contributed by atoms with van der Waals surface area (Å²) in [5.74, 6) is -0.188. The second-order valence-electron chi connectivity index (χ2n) is 5.50. The van der Waals surface area contributed by atoms with Gasteiger partial charge in [-0.05, 0) is 18.1 Å². The molecule has 2 aromatic carbocycles. The monoisotopic (exact) mass is 294 g/mol. The molecule has 4 heteroatoms. The molecule has 1 aliphatic rings. The first-order valence-corrected chi connectivity index (χ1v) is 7.36. The van der Waals surface area contributed by atoms with Crippen LogP contribution in [-0.2, 0) is 16.1 Å². The maximum Gasteiger partial charge on any atom is 0.248 e. The van der Waals surface area contributed by atoms with Crippen LogP contribution in [0.3, 0.4) is 0 Å². The zero-order valence-electron chi connectivity index (χ0n) is 12.4. The van der Waals surface area contributed by atoms with Crippen molar-refractivity contribution >= 4 is 11.8 Å². The predicted molar refractivity (Wildman–Crippen MR) is 83.8 cm³/mol. The molecule has 4 nitrogen and oxygen atoms in total. The summed E-state index contributed by atoms with van der Waals surface area (Å²) in [6.07, 6.45) is 0. The Balaban J connectivity index is 1.96. The SMILES string of the molecule is CC1NC(=O)C(c2ccccc2)N(Cc2ccccc2)C1=O. The van der Waals surface area contributed by atoms with E-state index in [1.807, 2.05) is 60.7 Å². The molecule has 1 heterocycles. The summed E-state index contributed by atoms with van der Waals surface area (Å²) >= 11 is 0. The van der Waals surface area contributed by atoms with E-state index in [9.17, 15) is 9.59 Å². The van der Waals surface area contributed by atoms with E-state index in [1.165, 1.54) is 0 Å². The Kier molecular flexibility index (Phi) is 3.92. The van der Waals surface area contributed by atoms with Gasteiger partial charge in [0.05, 0.1) is 0 Å². The van der Waals surface area contributed by atoms with Gasteiger partial charge in [0, 0.05) is 6.54 Å². The first-order valence-electron chi connectivity index (χ1n) is 7.36. The molecular formula is C18H18N2O2. The van der Waals surface area contributed by atoms with Crippen LogP contribution in [-0.4, -0.2) is 22.8 Å². The van der Waals surface area contributed by atoms with E-state index >= 15 is 0 Å². The van der Waals surface area contributed by atoms with Gasteiger partial charge < -0.3 is 10.2 Å². The summed E-state index contributed by atoms with van der Waals surface area (Å²) in [7, 11) is 0. The minimum Gasteiger partial charge on any atom is -0.342 e. The Bertz CT molecular complexity index is 670. The van der Waals surface area contributed by atoms with Gasteiger partial charge >= 0.3 is 0 Å². The second kappa shape index (κ2) is 6.02. The van der Waals surface area contributed by atoms with Crippen LogP contribution in [0.5, 0.6) is 0 Å². The third-order valence-electron chi connectivity index (χ3n) is 3.88. The molecule has 1 saturated heterocycles. The van der Waals surface area contributed by atoms with Gasteiger partial charge in [0.15, 0.2) is 0 Å². The first kappa shape index (κ1) is 14.3. The van der Waals surface area contributed by atoms with E-state index in [4.69, 9.17) is 0 Å². The summed E-state index contributed by atoms with van der Waals surface area (Å²) in [6, 6.07) is 18.1. The molecule has 1 N–H and O–H groups in total. The highest BCUT2D eigenvalue weighted by atomic mass is 16.2. The number of nitrogens with zero attached hydrogens (tertiary/aromatic N) is 1. The molecule has 2 amide bonds. The number of rotatable bonds is 3. The molecule has 0 saturated carbocycles. The van der Waals surface area contributed by atoms with Gasteiger partial charge in [-0.2, -0.15) is 0 Å². The number of benzene rings is 2. The van der Waals surface area contributed by atoms with E-state index < -0.39 is 12.1 Å². The Morgan fingerprint density at radius 1 is 0.955 bits per heavy atom. The van der Waals surface area contributed by atoms with E-state index in [0.29, 0.717) is 6.54 Å². The van der Waals surface area contributed by atoms with Crippen LogP contribution in [0.2, 0.25) is 0 Å². The topological polar surface area (TPSA) is 49.4 Å². The highest BCUT2D eigenvalue weighted by molar-refractivity contribution is 5.97. The lowest BCUT2D eigenvalue weighted by atomic mass is 9.99. The molecular weight excluding hydrogens is 276 g/mol. The Morgan fingerprint density at radius 3 is 2.18 bits per heavy atom. The highest BCUT2D eigenvalue weighted by Crippen LogP contribution is 2.27. The van der Waals surface area contributed by atoms with Crippen LogP contribution in [0, 0.1) is 0 Å². The van der Waals surface area contributed by atoms with Crippen molar-refractivity contribution in [2.45, 2.75) is 25.6 Å².